The topological polar surface area (TPSA) is 101 Å². The molecule has 2 fully saturated rings. The zero-order chi connectivity index (χ0) is 17.8. The average Bonchev–Trinajstić information content (AvgIpc) is 3.33. The van der Waals surface area contributed by atoms with Crippen molar-refractivity contribution in [2.45, 2.75) is 24.8 Å². The van der Waals surface area contributed by atoms with Gasteiger partial charge in [-0.1, -0.05) is 0 Å². The van der Waals surface area contributed by atoms with Crippen molar-refractivity contribution in [2.75, 3.05) is 32.5 Å². The van der Waals surface area contributed by atoms with Gasteiger partial charge in [0.05, 0.1) is 17.9 Å². The highest BCUT2D eigenvalue weighted by atomic mass is 16.6. The van der Waals surface area contributed by atoms with E-state index in [1.54, 1.807) is 4.52 Å². The van der Waals surface area contributed by atoms with E-state index in [0.717, 1.165) is 41.9 Å². The van der Waals surface area contributed by atoms with Crippen LogP contribution in [0.4, 0.5) is 10.6 Å². The number of fused-ring (bicyclic) bond motifs is 2. The molecule has 2 saturated heterocycles. The minimum Gasteiger partial charge on any atom is -0.447 e. The van der Waals surface area contributed by atoms with E-state index in [-0.39, 0.29) is 18.1 Å². The molecule has 2 aromatic rings. The summed E-state index contributed by atoms with van der Waals surface area (Å²) in [5.41, 5.74) is 13.2. The molecule has 0 aromatic carbocycles. The van der Waals surface area contributed by atoms with Crippen LogP contribution in [0.15, 0.2) is 18.5 Å². The number of carbonyl (C=O) groups excluding carboxylic acids is 1. The Kier molecular flexibility index (Phi) is 3.33. The maximum Gasteiger partial charge on any atom is 0.410 e. The molecule has 136 valence electrons. The summed E-state index contributed by atoms with van der Waals surface area (Å²) in [6.45, 7) is 1.86. The molecule has 0 spiro atoms. The molecule has 1 amide bonds. The lowest BCUT2D eigenvalue weighted by atomic mass is 9.91. The molecular weight excluding hydrogens is 334 g/mol. The van der Waals surface area contributed by atoms with E-state index in [2.05, 4.69) is 10.5 Å². The fourth-order valence-corrected chi connectivity index (χ4v) is 4.06. The molecule has 2 unspecified atom stereocenters. The zero-order valence-electron chi connectivity index (χ0n) is 14.6. The Morgan fingerprint density at radius 3 is 3.08 bits per heavy atom. The predicted molar refractivity (Wildman–Crippen MR) is 95.0 cm³/mol. The number of nitrogens with two attached hydrogens (primary N) is 1. The van der Waals surface area contributed by atoms with Crippen LogP contribution in [-0.2, 0) is 4.74 Å². The molecule has 2 aromatic heterocycles. The van der Waals surface area contributed by atoms with Gasteiger partial charge in [0.25, 0.3) is 0 Å². The van der Waals surface area contributed by atoms with E-state index in [4.69, 9.17) is 15.5 Å². The first-order chi connectivity index (χ1) is 12.6. The zero-order valence-corrected chi connectivity index (χ0v) is 14.6. The molecule has 0 radical (unpaired) electrons. The van der Waals surface area contributed by atoms with Crippen LogP contribution in [0.25, 0.3) is 11.2 Å². The summed E-state index contributed by atoms with van der Waals surface area (Å²) in [7, 11) is 1.96. The van der Waals surface area contributed by atoms with Crippen LogP contribution >= 0.6 is 0 Å². The third kappa shape index (κ3) is 2.31. The van der Waals surface area contributed by atoms with Crippen molar-refractivity contribution in [3.05, 3.63) is 29.7 Å². The van der Waals surface area contributed by atoms with Gasteiger partial charge in [0.15, 0.2) is 5.65 Å². The largest absolute Gasteiger partial charge is 0.447 e. The van der Waals surface area contributed by atoms with Gasteiger partial charge in [-0.25, -0.2) is 15.2 Å². The van der Waals surface area contributed by atoms with Crippen LogP contribution < -0.4 is 11.2 Å². The van der Waals surface area contributed by atoms with Gasteiger partial charge in [-0.15, -0.1) is 0 Å². The molecule has 5 rings (SSSR count). The van der Waals surface area contributed by atoms with Gasteiger partial charge in [0.2, 0.25) is 0 Å². The monoisotopic (exact) mass is 355 g/mol. The molecule has 3 aliphatic rings. The second-order valence-corrected chi connectivity index (χ2v) is 7.16. The van der Waals surface area contributed by atoms with Crippen LogP contribution in [0.1, 0.15) is 30.0 Å². The first-order valence-corrected chi connectivity index (χ1v) is 8.85. The van der Waals surface area contributed by atoms with E-state index >= 15 is 0 Å². The van der Waals surface area contributed by atoms with Crippen molar-refractivity contribution in [1.29, 1.82) is 0 Å². The van der Waals surface area contributed by atoms with E-state index < -0.39 is 0 Å². The van der Waals surface area contributed by atoms with Crippen molar-refractivity contribution in [1.82, 2.24) is 29.9 Å². The van der Waals surface area contributed by atoms with Crippen molar-refractivity contribution < 1.29 is 9.53 Å². The minimum absolute atomic E-state index is 0.158. The summed E-state index contributed by atoms with van der Waals surface area (Å²) >= 11 is 0. The minimum atomic E-state index is -0.219. The Morgan fingerprint density at radius 2 is 2.27 bits per heavy atom. The quantitative estimate of drug-likeness (QED) is 0.822. The second-order valence-electron chi connectivity index (χ2n) is 7.16. The number of rotatable bonds is 2. The summed E-state index contributed by atoms with van der Waals surface area (Å²) < 4.78 is 6.85. The Morgan fingerprint density at radius 1 is 1.38 bits per heavy atom. The molecular formula is C17H21N7O2. The van der Waals surface area contributed by atoms with Crippen LogP contribution in [-0.4, -0.2) is 63.4 Å². The number of nitrogens with one attached hydrogen (secondary N) is 1. The number of hydrogen-bond acceptors (Lipinski definition) is 7. The lowest BCUT2D eigenvalue weighted by Gasteiger charge is -2.32. The summed E-state index contributed by atoms with van der Waals surface area (Å²) in [6.07, 6.45) is 5.52. The molecule has 9 nitrogen and oxygen atoms in total. The van der Waals surface area contributed by atoms with E-state index in [1.165, 1.54) is 0 Å². The Bertz CT molecular complexity index is 921. The Balaban J connectivity index is 1.52. The highest BCUT2D eigenvalue weighted by Gasteiger charge is 2.39. The van der Waals surface area contributed by atoms with Gasteiger partial charge in [-0.05, 0) is 18.4 Å². The van der Waals surface area contributed by atoms with Crippen LogP contribution in [0, 0.1) is 0 Å². The molecule has 3 aliphatic heterocycles. The van der Waals surface area contributed by atoms with E-state index in [0.29, 0.717) is 19.0 Å². The van der Waals surface area contributed by atoms with Crippen molar-refractivity contribution in [2.24, 2.45) is 0 Å². The lowest BCUT2D eigenvalue weighted by molar-refractivity contribution is 0.150. The van der Waals surface area contributed by atoms with E-state index in [1.807, 2.05) is 35.4 Å². The average molecular weight is 355 g/mol. The van der Waals surface area contributed by atoms with Gasteiger partial charge in [-0.3, -0.25) is 0 Å². The maximum absolute atomic E-state index is 11.9. The third-order valence-electron chi connectivity index (χ3n) is 5.49. The number of cyclic esters (lactones) is 1. The standard InChI is InChI=1S/C17H21N7O2/c1-22-7-11(5-19-22)13-6-20-24-15(18)4-14(21-16(13)24)10-2-3-12-9-26-17(25)23(12)8-10/h4,6-7,10,12,19H,2-3,5,8-9,18H2,1H3. The first kappa shape index (κ1) is 15.4. The number of amides is 1. The van der Waals surface area contributed by atoms with Crippen LogP contribution in [0.3, 0.4) is 0 Å². The number of carbonyl (C=O) groups is 1. The molecule has 0 aliphatic carbocycles. The number of piperidine rings is 1. The highest BCUT2D eigenvalue weighted by Crippen LogP contribution is 2.34. The van der Waals surface area contributed by atoms with Gasteiger partial charge < -0.3 is 20.4 Å². The first-order valence-electron chi connectivity index (χ1n) is 8.85. The number of anilines is 1. The third-order valence-corrected chi connectivity index (χ3v) is 5.49. The van der Waals surface area contributed by atoms with Gasteiger partial charge in [0, 0.05) is 43.9 Å². The van der Waals surface area contributed by atoms with Gasteiger partial charge >= 0.3 is 6.09 Å². The van der Waals surface area contributed by atoms with Gasteiger partial charge in [0.1, 0.15) is 12.4 Å². The number of nitrogens with zero attached hydrogens (tertiary/aromatic N) is 5. The van der Waals surface area contributed by atoms with Gasteiger partial charge in [-0.2, -0.15) is 9.61 Å². The van der Waals surface area contributed by atoms with Crippen LogP contribution in [0.2, 0.25) is 0 Å². The summed E-state index contributed by atoms with van der Waals surface area (Å²) in [5, 5.41) is 6.32. The molecule has 9 heteroatoms. The number of hydrazine groups is 1. The molecule has 3 N–H and O–H groups in total. The van der Waals surface area contributed by atoms with Crippen molar-refractivity contribution >= 4 is 23.1 Å². The number of ether oxygens (including phenoxy) is 1. The second kappa shape index (κ2) is 5.60. The number of nitrogen functional groups attached to an aromatic ring is 1. The van der Waals surface area contributed by atoms with Crippen LogP contribution in [0.5, 0.6) is 0 Å². The Labute approximate surface area is 150 Å². The molecule has 0 bridgehead atoms. The summed E-state index contributed by atoms with van der Waals surface area (Å²) in [4.78, 5) is 18.6. The number of aromatic nitrogens is 3. The summed E-state index contributed by atoms with van der Waals surface area (Å²) in [6, 6.07) is 2.08. The molecule has 0 saturated carbocycles. The predicted octanol–water partition coefficient (Wildman–Crippen LogP) is 0.801. The Hall–Kier alpha value is -2.81. The highest BCUT2D eigenvalue weighted by molar-refractivity contribution is 5.78. The van der Waals surface area contributed by atoms with Crippen molar-refractivity contribution in [3.8, 4) is 0 Å². The van der Waals surface area contributed by atoms with Crippen molar-refractivity contribution in [3.63, 3.8) is 0 Å². The fourth-order valence-electron chi connectivity index (χ4n) is 4.06. The molecule has 2 atom stereocenters. The fraction of sp³-hybridized carbons (Fsp3) is 0.471. The lowest BCUT2D eigenvalue weighted by Crippen LogP contribution is -2.41. The SMILES string of the molecule is CN1C=C(c2cnn3c(N)cc(C4CCC5COC(=O)N5C4)nc23)CN1. The summed E-state index contributed by atoms with van der Waals surface area (Å²) in [5.74, 6) is 0.715. The normalized spacial score (nSPS) is 25.6. The number of hydrogen-bond donors (Lipinski definition) is 2. The van der Waals surface area contributed by atoms with E-state index in [9.17, 15) is 4.79 Å². The molecule has 26 heavy (non-hydrogen) atoms. The smallest absolute Gasteiger partial charge is 0.410 e. The molecule has 5 heterocycles. The maximum atomic E-state index is 11.9.